The van der Waals surface area contributed by atoms with Crippen LogP contribution in [-0.4, -0.2) is 19.9 Å². The molecule has 120 valence electrons. The Morgan fingerprint density at radius 3 is 2.58 bits per heavy atom. The fraction of sp³-hybridized carbons (Fsp3) is 0. The van der Waals surface area contributed by atoms with E-state index in [2.05, 4.69) is 20.3 Å². The van der Waals surface area contributed by atoms with Gasteiger partial charge in [0.1, 0.15) is 22.5 Å². The van der Waals surface area contributed by atoms with Gasteiger partial charge in [-0.2, -0.15) is 0 Å². The molecule has 3 rings (SSSR count). The summed E-state index contributed by atoms with van der Waals surface area (Å²) in [6, 6.07) is 8.03. The van der Waals surface area contributed by atoms with Crippen LogP contribution in [0, 0.1) is 15.9 Å². The molecule has 1 N–H and O–H groups in total. The van der Waals surface area contributed by atoms with Gasteiger partial charge in [-0.05, 0) is 24.3 Å². The molecule has 0 saturated carbocycles. The van der Waals surface area contributed by atoms with Crippen molar-refractivity contribution in [1.82, 2.24) is 15.0 Å². The number of hydrogen-bond acceptors (Lipinski definition) is 6. The molecule has 0 aliphatic rings. The Hall–Kier alpha value is -3.13. The first kappa shape index (κ1) is 15.8. The molecule has 0 aliphatic heterocycles. The molecule has 0 fully saturated rings. The van der Waals surface area contributed by atoms with Crippen molar-refractivity contribution in [2.45, 2.75) is 0 Å². The minimum Gasteiger partial charge on any atom is -0.334 e. The highest BCUT2D eigenvalue weighted by Crippen LogP contribution is 2.29. The first-order valence-corrected chi connectivity index (χ1v) is 7.06. The first-order valence-electron chi connectivity index (χ1n) is 6.69. The summed E-state index contributed by atoms with van der Waals surface area (Å²) in [5, 5.41) is 14.0. The number of halogens is 2. The maximum Gasteiger partial charge on any atom is 0.295 e. The average Bonchev–Trinajstić information content (AvgIpc) is 2.56. The van der Waals surface area contributed by atoms with Gasteiger partial charge < -0.3 is 5.32 Å². The van der Waals surface area contributed by atoms with E-state index in [-0.39, 0.29) is 16.7 Å². The molecule has 0 spiro atoms. The van der Waals surface area contributed by atoms with Crippen molar-refractivity contribution in [1.29, 1.82) is 0 Å². The van der Waals surface area contributed by atoms with Crippen molar-refractivity contribution in [2.75, 3.05) is 5.32 Å². The highest BCUT2D eigenvalue weighted by atomic mass is 35.5. The summed E-state index contributed by atoms with van der Waals surface area (Å²) < 4.78 is 13.2. The van der Waals surface area contributed by atoms with Gasteiger partial charge in [0, 0.05) is 24.0 Å². The molecule has 0 bridgehead atoms. The van der Waals surface area contributed by atoms with E-state index >= 15 is 0 Å². The maximum atomic E-state index is 13.2. The van der Waals surface area contributed by atoms with Crippen LogP contribution >= 0.6 is 11.6 Å². The van der Waals surface area contributed by atoms with Gasteiger partial charge in [0.2, 0.25) is 0 Å². The third-order valence-corrected chi connectivity index (χ3v) is 3.25. The quantitative estimate of drug-likeness (QED) is 0.436. The summed E-state index contributed by atoms with van der Waals surface area (Å²) in [6.45, 7) is 0. The lowest BCUT2D eigenvalue weighted by Gasteiger charge is -2.08. The zero-order valence-corrected chi connectivity index (χ0v) is 12.7. The molecule has 0 aliphatic carbocycles. The number of rotatable bonds is 4. The van der Waals surface area contributed by atoms with Crippen LogP contribution < -0.4 is 5.32 Å². The number of nitrogens with one attached hydrogen (secondary N) is 1. The monoisotopic (exact) mass is 345 g/mol. The fourth-order valence-corrected chi connectivity index (χ4v) is 2.19. The van der Waals surface area contributed by atoms with E-state index in [1.54, 1.807) is 24.5 Å². The largest absolute Gasteiger partial charge is 0.334 e. The Morgan fingerprint density at radius 1 is 1.12 bits per heavy atom. The fourth-order valence-electron chi connectivity index (χ4n) is 2.01. The summed E-state index contributed by atoms with van der Waals surface area (Å²) in [5.41, 5.74) is 0.371. The van der Waals surface area contributed by atoms with E-state index < -0.39 is 16.4 Å². The minimum atomic E-state index is -0.703. The number of nitro benzene ring substituents is 1. The number of anilines is 2. The van der Waals surface area contributed by atoms with Crippen molar-refractivity contribution in [3.05, 3.63) is 69.9 Å². The van der Waals surface area contributed by atoms with Gasteiger partial charge in [0.15, 0.2) is 5.82 Å². The maximum absolute atomic E-state index is 13.2. The van der Waals surface area contributed by atoms with E-state index in [4.69, 9.17) is 11.6 Å². The highest BCUT2D eigenvalue weighted by molar-refractivity contribution is 6.29. The summed E-state index contributed by atoms with van der Waals surface area (Å²) in [7, 11) is 0. The zero-order valence-electron chi connectivity index (χ0n) is 12.0. The van der Waals surface area contributed by atoms with Crippen LogP contribution in [0.15, 0.2) is 48.8 Å². The first-order chi connectivity index (χ1) is 11.5. The lowest BCUT2D eigenvalue weighted by atomic mass is 10.2. The van der Waals surface area contributed by atoms with Gasteiger partial charge in [-0.1, -0.05) is 11.6 Å². The topological polar surface area (TPSA) is 93.8 Å². The van der Waals surface area contributed by atoms with E-state index in [9.17, 15) is 14.5 Å². The minimum absolute atomic E-state index is 0.0943. The molecule has 2 aromatic heterocycles. The van der Waals surface area contributed by atoms with Crippen molar-refractivity contribution in [3.63, 3.8) is 0 Å². The number of benzene rings is 1. The Bertz CT molecular complexity index is 908. The average molecular weight is 346 g/mol. The standard InChI is InChI=1S/C15H9ClFN5O2/c16-13-8-14(21-15(20-13)9-3-5-18-6-4-9)19-11-2-1-10(17)7-12(11)22(23)24/h1-8H,(H,19,20,21). The smallest absolute Gasteiger partial charge is 0.295 e. The van der Waals surface area contributed by atoms with Crippen LogP contribution in [0.4, 0.5) is 21.6 Å². The molecule has 1 aromatic carbocycles. The van der Waals surface area contributed by atoms with Crippen LogP contribution in [0.3, 0.4) is 0 Å². The molecular weight excluding hydrogens is 337 g/mol. The number of aromatic nitrogens is 3. The van der Waals surface area contributed by atoms with Crippen molar-refractivity contribution >= 4 is 28.8 Å². The molecule has 2 heterocycles. The Morgan fingerprint density at radius 2 is 1.88 bits per heavy atom. The van der Waals surface area contributed by atoms with E-state index in [0.29, 0.717) is 11.4 Å². The predicted octanol–water partition coefficient (Wildman–Crippen LogP) is 3.98. The molecule has 3 aromatic rings. The third kappa shape index (κ3) is 3.44. The van der Waals surface area contributed by atoms with Crippen LogP contribution in [0.5, 0.6) is 0 Å². The SMILES string of the molecule is O=[N+]([O-])c1cc(F)ccc1Nc1cc(Cl)nc(-c2ccncc2)n1. The number of nitro groups is 1. The number of nitrogens with zero attached hydrogens (tertiary/aromatic N) is 4. The van der Waals surface area contributed by atoms with Crippen molar-refractivity contribution < 1.29 is 9.31 Å². The van der Waals surface area contributed by atoms with E-state index in [0.717, 1.165) is 12.1 Å². The molecule has 24 heavy (non-hydrogen) atoms. The van der Waals surface area contributed by atoms with Gasteiger partial charge in [-0.25, -0.2) is 14.4 Å². The third-order valence-electron chi connectivity index (χ3n) is 3.05. The van der Waals surface area contributed by atoms with Crippen molar-refractivity contribution in [2.24, 2.45) is 0 Å². The van der Waals surface area contributed by atoms with Crippen LogP contribution in [0.2, 0.25) is 5.15 Å². The molecule has 7 nitrogen and oxygen atoms in total. The lowest BCUT2D eigenvalue weighted by Crippen LogP contribution is -2.01. The Kier molecular flexibility index (Phi) is 4.30. The second-order valence-electron chi connectivity index (χ2n) is 4.68. The normalized spacial score (nSPS) is 10.4. The summed E-state index contributed by atoms with van der Waals surface area (Å²) in [5.74, 6) is -0.126. The Labute approximate surface area is 140 Å². The highest BCUT2D eigenvalue weighted by Gasteiger charge is 2.16. The molecule has 0 unspecified atom stereocenters. The van der Waals surface area contributed by atoms with Gasteiger partial charge in [-0.3, -0.25) is 15.1 Å². The molecule has 0 amide bonds. The predicted molar refractivity (Wildman–Crippen MR) is 86.6 cm³/mol. The van der Waals surface area contributed by atoms with E-state index in [1.165, 1.54) is 12.1 Å². The second-order valence-corrected chi connectivity index (χ2v) is 5.07. The molecule has 0 radical (unpaired) electrons. The number of hydrogen-bond donors (Lipinski definition) is 1. The second kappa shape index (κ2) is 6.55. The molecule has 0 saturated heterocycles. The molecule has 0 atom stereocenters. The lowest BCUT2D eigenvalue weighted by molar-refractivity contribution is -0.384. The van der Waals surface area contributed by atoms with Gasteiger partial charge >= 0.3 is 0 Å². The summed E-state index contributed by atoms with van der Waals surface area (Å²) in [6.07, 6.45) is 3.16. The summed E-state index contributed by atoms with van der Waals surface area (Å²) in [4.78, 5) is 22.7. The van der Waals surface area contributed by atoms with Crippen LogP contribution in [0.25, 0.3) is 11.4 Å². The van der Waals surface area contributed by atoms with Crippen molar-refractivity contribution in [3.8, 4) is 11.4 Å². The zero-order chi connectivity index (χ0) is 17.1. The van der Waals surface area contributed by atoms with Gasteiger partial charge in [-0.15, -0.1) is 0 Å². The van der Waals surface area contributed by atoms with Gasteiger partial charge in [0.05, 0.1) is 11.0 Å². The van der Waals surface area contributed by atoms with E-state index in [1.807, 2.05) is 0 Å². The van der Waals surface area contributed by atoms with Crippen LogP contribution in [-0.2, 0) is 0 Å². The van der Waals surface area contributed by atoms with Gasteiger partial charge in [0.25, 0.3) is 5.69 Å². The molecular formula is C15H9ClFN5O2. The summed E-state index contributed by atoms with van der Waals surface area (Å²) >= 11 is 5.99. The Balaban J connectivity index is 2.00. The molecule has 9 heteroatoms. The number of pyridine rings is 1. The van der Waals surface area contributed by atoms with Crippen LogP contribution in [0.1, 0.15) is 0 Å².